The highest BCUT2D eigenvalue weighted by molar-refractivity contribution is 5.27. The van der Waals surface area contributed by atoms with Crippen LogP contribution in [0.3, 0.4) is 0 Å². The van der Waals surface area contributed by atoms with E-state index in [1.54, 1.807) is 19.2 Å². The standard InChI is InChI=1S/C24H26FNO3/c1-28-23-13-9-20(10-14-23)16-26(15-19-7-11-21(25)12-8-19)17-22(27)18-29-24-5-3-2-4-6-24/h2-14,22,27H,15-18H2,1H3/t22-/m0/s1. The molecule has 3 aromatic carbocycles. The number of benzene rings is 3. The zero-order chi connectivity index (χ0) is 20.5. The lowest BCUT2D eigenvalue weighted by molar-refractivity contribution is 0.0628. The quantitative estimate of drug-likeness (QED) is 0.557. The zero-order valence-electron chi connectivity index (χ0n) is 16.5. The van der Waals surface area contributed by atoms with Crippen molar-refractivity contribution in [3.8, 4) is 11.5 Å². The molecule has 1 N–H and O–H groups in total. The number of hydrogen-bond acceptors (Lipinski definition) is 4. The Balaban J connectivity index is 1.64. The molecule has 0 spiro atoms. The smallest absolute Gasteiger partial charge is 0.123 e. The van der Waals surface area contributed by atoms with Crippen molar-refractivity contribution < 1.29 is 19.0 Å². The summed E-state index contributed by atoms with van der Waals surface area (Å²) in [4.78, 5) is 2.12. The number of aliphatic hydroxyl groups is 1. The van der Waals surface area contributed by atoms with Gasteiger partial charge in [0.2, 0.25) is 0 Å². The Bertz CT molecular complexity index is 854. The van der Waals surface area contributed by atoms with Crippen LogP contribution in [0.2, 0.25) is 0 Å². The molecule has 0 saturated carbocycles. The Labute approximate surface area is 171 Å². The Hall–Kier alpha value is -2.89. The molecule has 0 amide bonds. The Kier molecular flexibility index (Phi) is 7.61. The molecule has 152 valence electrons. The molecule has 3 rings (SSSR count). The average Bonchev–Trinajstić information content (AvgIpc) is 2.75. The lowest BCUT2D eigenvalue weighted by atomic mass is 10.1. The van der Waals surface area contributed by atoms with Gasteiger partial charge >= 0.3 is 0 Å². The van der Waals surface area contributed by atoms with Crippen LogP contribution >= 0.6 is 0 Å². The van der Waals surface area contributed by atoms with Crippen molar-refractivity contribution in [2.45, 2.75) is 19.2 Å². The van der Waals surface area contributed by atoms with Gasteiger partial charge in [0.05, 0.1) is 7.11 Å². The van der Waals surface area contributed by atoms with Crippen molar-refractivity contribution >= 4 is 0 Å². The molecule has 0 fully saturated rings. The number of rotatable bonds is 10. The lowest BCUT2D eigenvalue weighted by Crippen LogP contribution is -2.35. The molecule has 1 atom stereocenters. The fourth-order valence-electron chi connectivity index (χ4n) is 3.08. The predicted octanol–water partition coefficient (Wildman–Crippen LogP) is 4.28. The number of halogens is 1. The Morgan fingerprint density at radius 1 is 0.828 bits per heavy atom. The molecule has 0 aliphatic rings. The zero-order valence-corrected chi connectivity index (χ0v) is 16.5. The maximum atomic E-state index is 13.2. The van der Waals surface area contributed by atoms with Crippen molar-refractivity contribution in [2.24, 2.45) is 0 Å². The molecule has 0 saturated heterocycles. The van der Waals surface area contributed by atoms with Crippen LogP contribution in [0, 0.1) is 5.82 Å². The summed E-state index contributed by atoms with van der Waals surface area (Å²) in [5, 5.41) is 10.5. The number of nitrogens with zero attached hydrogens (tertiary/aromatic N) is 1. The fraction of sp³-hybridized carbons (Fsp3) is 0.250. The normalized spacial score (nSPS) is 12.0. The summed E-state index contributed by atoms with van der Waals surface area (Å²) in [7, 11) is 1.64. The number of para-hydroxylation sites is 1. The van der Waals surface area contributed by atoms with Gasteiger partial charge in [0.15, 0.2) is 0 Å². The van der Waals surface area contributed by atoms with Crippen molar-refractivity contribution in [1.82, 2.24) is 4.90 Å². The van der Waals surface area contributed by atoms with Gasteiger partial charge < -0.3 is 14.6 Å². The second-order valence-electron chi connectivity index (χ2n) is 6.92. The molecular weight excluding hydrogens is 369 g/mol. The van der Waals surface area contributed by atoms with E-state index in [1.165, 1.54) is 12.1 Å². The molecule has 4 nitrogen and oxygen atoms in total. The number of methoxy groups -OCH3 is 1. The van der Waals surface area contributed by atoms with E-state index in [2.05, 4.69) is 4.90 Å². The van der Waals surface area contributed by atoms with Crippen LogP contribution in [0.4, 0.5) is 4.39 Å². The van der Waals surface area contributed by atoms with Gasteiger partial charge in [-0.05, 0) is 47.5 Å². The number of aliphatic hydroxyl groups excluding tert-OH is 1. The largest absolute Gasteiger partial charge is 0.497 e. The van der Waals surface area contributed by atoms with E-state index >= 15 is 0 Å². The molecule has 29 heavy (non-hydrogen) atoms. The third-order valence-electron chi connectivity index (χ3n) is 4.54. The van der Waals surface area contributed by atoms with E-state index in [9.17, 15) is 9.50 Å². The van der Waals surface area contributed by atoms with Crippen LogP contribution in [0.25, 0.3) is 0 Å². The summed E-state index contributed by atoms with van der Waals surface area (Å²) >= 11 is 0. The molecule has 0 unspecified atom stereocenters. The monoisotopic (exact) mass is 395 g/mol. The maximum Gasteiger partial charge on any atom is 0.123 e. The highest BCUT2D eigenvalue weighted by atomic mass is 19.1. The Morgan fingerprint density at radius 2 is 1.41 bits per heavy atom. The molecule has 0 aliphatic carbocycles. The predicted molar refractivity (Wildman–Crippen MR) is 111 cm³/mol. The Morgan fingerprint density at radius 3 is 2.00 bits per heavy atom. The van der Waals surface area contributed by atoms with Crippen molar-refractivity contribution in [3.05, 3.63) is 95.8 Å². The highest BCUT2D eigenvalue weighted by Gasteiger charge is 2.14. The van der Waals surface area contributed by atoms with Crippen molar-refractivity contribution in [1.29, 1.82) is 0 Å². The van der Waals surface area contributed by atoms with E-state index < -0.39 is 6.10 Å². The first-order valence-corrected chi connectivity index (χ1v) is 9.58. The van der Waals surface area contributed by atoms with E-state index in [0.717, 1.165) is 22.6 Å². The average molecular weight is 395 g/mol. The first kappa shape index (κ1) is 20.8. The van der Waals surface area contributed by atoms with E-state index in [4.69, 9.17) is 9.47 Å². The van der Waals surface area contributed by atoms with Crippen LogP contribution in [0.5, 0.6) is 11.5 Å². The minimum atomic E-state index is -0.658. The van der Waals surface area contributed by atoms with Gasteiger partial charge in [0.1, 0.15) is 30.0 Å². The molecule has 3 aromatic rings. The minimum Gasteiger partial charge on any atom is -0.497 e. The summed E-state index contributed by atoms with van der Waals surface area (Å²) in [6.45, 7) is 1.86. The second-order valence-corrected chi connectivity index (χ2v) is 6.92. The topological polar surface area (TPSA) is 41.9 Å². The summed E-state index contributed by atoms with van der Waals surface area (Å²) in [5.41, 5.74) is 2.08. The second kappa shape index (κ2) is 10.6. The molecule has 0 heterocycles. The van der Waals surface area contributed by atoms with Gasteiger partial charge in [-0.2, -0.15) is 0 Å². The van der Waals surface area contributed by atoms with Crippen LogP contribution in [-0.4, -0.2) is 36.4 Å². The highest BCUT2D eigenvalue weighted by Crippen LogP contribution is 2.16. The van der Waals surface area contributed by atoms with Crippen molar-refractivity contribution in [3.63, 3.8) is 0 Å². The number of hydrogen-bond donors (Lipinski definition) is 1. The van der Waals surface area contributed by atoms with Crippen LogP contribution in [-0.2, 0) is 13.1 Å². The van der Waals surface area contributed by atoms with Gasteiger partial charge in [-0.1, -0.05) is 42.5 Å². The summed E-state index contributed by atoms with van der Waals surface area (Å²) < 4.78 is 24.1. The SMILES string of the molecule is COc1ccc(CN(Cc2ccc(F)cc2)C[C@H](O)COc2ccccc2)cc1. The molecule has 0 bridgehead atoms. The third-order valence-corrected chi connectivity index (χ3v) is 4.54. The van der Waals surface area contributed by atoms with Crippen molar-refractivity contribution in [2.75, 3.05) is 20.3 Å². The minimum absolute atomic E-state index is 0.201. The van der Waals surface area contributed by atoms with Crippen LogP contribution in [0.15, 0.2) is 78.9 Å². The number of ether oxygens (including phenoxy) is 2. The van der Waals surface area contributed by atoms with Gasteiger partial charge in [-0.25, -0.2) is 4.39 Å². The summed E-state index contributed by atoms with van der Waals surface area (Å²) in [5.74, 6) is 1.27. The molecule has 0 aliphatic heterocycles. The van der Waals surface area contributed by atoms with Gasteiger partial charge in [0.25, 0.3) is 0 Å². The first-order chi connectivity index (χ1) is 14.1. The maximum absolute atomic E-state index is 13.2. The molecular formula is C24H26FNO3. The first-order valence-electron chi connectivity index (χ1n) is 9.58. The van der Waals surface area contributed by atoms with E-state index in [0.29, 0.717) is 19.6 Å². The fourth-order valence-corrected chi connectivity index (χ4v) is 3.08. The van der Waals surface area contributed by atoms with Gasteiger partial charge in [0, 0.05) is 19.6 Å². The van der Waals surface area contributed by atoms with E-state index in [1.807, 2.05) is 54.6 Å². The lowest BCUT2D eigenvalue weighted by Gasteiger charge is -2.25. The van der Waals surface area contributed by atoms with Gasteiger partial charge in [-0.15, -0.1) is 0 Å². The van der Waals surface area contributed by atoms with Crippen LogP contribution in [0.1, 0.15) is 11.1 Å². The third kappa shape index (κ3) is 6.89. The molecule has 0 radical (unpaired) electrons. The van der Waals surface area contributed by atoms with E-state index in [-0.39, 0.29) is 12.4 Å². The van der Waals surface area contributed by atoms with Crippen LogP contribution < -0.4 is 9.47 Å². The molecule has 0 aromatic heterocycles. The summed E-state index contributed by atoms with van der Waals surface area (Å²) in [6.07, 6.45) is -0.658. The summed E-state index contributed by atoms with van der Waals surface area (Å²) in [6, 6.07) is 23.7. The molecule has 5 heteroatoms. The van der Waals surface area contributed by atoms with Gasteiger partial charge in [-0.3, -0.25) is 4.90 Å².